The lowest BCUT2D eigenvalue weighted by Crippen LogP contribution is -2.00. The van der Waals surface area contributed by atoms with Gasteiger partial charge in [-0.05, 0) is 35.7 Å². The molecule has 4 heteroatoms. The van der Waals surface area contributed by atoms with E-state index in [4.69, 9.17) is 0 Å². The van der Waals surface area contributed by atoms with Gasteiger partial charge in [-0.25, -0.2) is 4.98 Å². The molecule has 134 valence electrons. The minimum absolute atomic E-state index is 0.881. The third kappa shape index (κ3) is 2.76. The summed E-state index contributed by atoms with van der Waals surface area (Å²) in [5.74, 6) is 0. The highest BCUT2D eigenvalue weighted by atomic mass is 15.2. The molecule has 1 aliphatic rings. The predicted molar refractivity (Wildman–Crippen MR) is 113 cm³/mol. The lowest BCUT2D eigenvalue weighted by atomic mass is 10.1. The fourth-order valence-corrected chi connectivity index (χ4v) is 3.57. The molecule has 0 atom stereocenters. The Morgan fingerprint density at radius 2 is 1.39 bits per heavy atom. The Morgan fingerprint density at radius 1 is 0.786 bits per heavy atom. The summed E-state index contributed by atoms with van der Waals surface area (Å²) in [6, 6.07) is 25.0. The number of aromatic nitrogens is 2. The summed E-state index contributed by atoms with van der Waals surface area (Å²) in [6.45, 7) is 1.99. The van der Waals surface area contributed by atoms with Crippen LogP contribution >= 0.6 is 0 Å². The van der Waals surface area contributed by atoms with Gasteiger partial charge in [0, 0.05) is 29.2 Å². The molecule has 0 amide bonds. The van der Waals surface area contributed by atoms with Crippen LogP contribution in [0.4, 0.5) is 0 Å². The molecule has 0 unspecified atom stereocenters. The quantitative estimate of drug-likeness (QED) is 0.325. The van der Waals surface area contributed by atoms with Crippen LogP contribution in [0.15, 0.2) is 102 Å². The van der Waals surface area contributed by atoms with Crippen LogP contribution < -0.4 is 0 Å². The van der Waals surface area contributed by atoms with Crippen molar-refractivity contribution in [2.45, 2.75) is 6.92 Å². The van der Waals surface area contributed by atoms with Crippen LogP contribution in [-0.2, 0) is 0 Å². The Balaban J connectivity index is 1.50. The summed E-state index contributed by atoms with van der Waals surface area (Å²) >= 11 is 0. The van der Waals surface area contributed by atoms with Gasteiger partial charge in [-0.3, -0.25) is 0 Å². The second-order valence-corrected chi connectivity index (χ2v) is 6.74. The number of hydrogen-bond donors (Lipinski definition) is 0. The van der Waals surface area contributed by atoms with Crippen molar-refractivity contribution in [3.05, 3.63) is 108 Å². The zero-order chi connectivity index (χ0) is 18.9. The molecule has 0 saturated carbocycles. The van der Waals surface area contributed by atoms with Crippen LogP contribution in [0, 0.1) is 0 Å². The summed E-state index contributed by atoms with van der Waals surface area (Å²) < 4.78 is 1.98. The lowest BCUT2D eigenvalue weighted by molar-refractivity contribution is 1.06. The third-order valence-electron chi connectivity index (χ3n) is 5.04. The van der Waals surface area contributed by atoms with Crippen LogP contribution in [0.5, 0.6) is 0 Å². The molecule has 4 nitrogen and oxygen atoms in total. The second-order valence-electron chi connectivity index (χ2n) is 6.74. The molecule has 0 bridgehead atoms. The largest absolute Gasteiger partial charge is 0.306 e. The first-order valence-corrected chi connectivity index (χ1v) is 9.21. The van der Waals surface area contributed by atoms with Gasteiger partial charge in [-0.15, -0.1) is 5.10 Å². The molecule has 0 saturated heterocycles. The zero-order valence-corrected chi connectivity index (χ0v) is 15.4. The van der Waals surface area contributed by atoms with Crippen molar-refractivity contribution in [3.8, 4) is 16.8 Å². The highest BCUT2D eigenvalue weighted by molar-refractivity contribution is 6.24. The lowest BCUT2D eigenvalue weighted by Gasteiger charge is -2.04. The van der Waals surface area contributed by atoms with Gasteiger partial charge >= 0.3 is 0 Å². The Morgan fingerprint density at radius 3 is 1.96 bits per heavy atom. The Hall–Kier alpha value is -3.79. The molecule has 1 aliphatic carbocycles. The first-order valence-electron chi connectivity index (χ1n) is 9.21. The third-order valence-corrected chi connectivity index (χ3v) is 5.04. The number of fused-ring (bicyclic) bond motifs is 3. The first kappa shape index (κ1) is 16.4. The van der Waals surface area contributed by atoms with Gasteiger partial charge in [0.15, 0.2) is 0 Å². The van der Waals surface area contributed by atoms with Crippen molar-refractivity contribution < 1.29 is 0 Å². The van der Waals surface area contributed by atoms with Gasteiger partial charge in [-0.2, -0.15) is 5.10 Å². The van der Waals surface area contributed by atoms with E-state index in [1.807, 2.05) is 29.8 Å². The second kappa shape index (κ2) is 6.74. The van der Waals surface area contributed by atoms with Crippen molar-refractivity contribution in [1.82, 2.24) is 9.55 Å². The van der Waals surface area contributed by atoms with E-state index in [1.54, 1.807) is 12.5 Å². The molecule has 0 aliphatic heterocycles. The summed E-state index contributed by atoms with van der Waals surface area (Å²) in [4.78, 5) is 4.09. The van der Waals surface area contributed by atoms with Gasteiger partial charge in [0.1, 0.15) is 5.71 Å². The van der Waals surface area contributed by atoms with Gasteiger partial charge in [0.25, 0.3) is 0 Å². The van der Waals surface area contributed by atoms with E-state index in [0.717, 1.165) is 33.8 Å². The minimum atomic E-state index is 0.881. The van der Waals surface area contributed by atoms with Crippen molar-refractivity contribution in [1.29, 1.82) is 0 Å². The predicted octanol–water partition coefficient (Wildman–Crippen LogP) is 5.11. The van der Waals surface area contributed by atoms with E-state index in [9.17, 15) is 0 Å². The molecule has 5 rings (SSSR count). The van der Waals surface area contributed by atoms with Gasteiger partial charge < -0.3 is 4.57 Å². The van der Waals surface area contributed by atoms with E-state index >= 15 is 0 Å². The fourth-order valence-electron chi connectivity index (χ4n) is 3.57. The van der Waals surface area contributed by atoms with E-state index < -0.39 is 0 Å². The Bertz CT molecular complexity index is 1150. The monoisotopic (exact) mass is 362 g/mol. The van der Waals surface area contributed by atoms with Gasteiger partial charge in [0.2, 0.25) is 0 Å². The van der Waals surface area contributed by atoms with Crippen molar-refractivity contribution in [2.75, 3.05) is 0 Å². The SMILES string of the molecule is C/C(=N\N=C1c2ccccc2-c2ccccc21)c1ccc(-n2ccnc2)cc1. The summed E-state index contributed by atoms with van der Waals surface area (Å²) in [7, 11) is 0. The summed E-state index contributed by atoms with van der Waals surface area (Å²) in [5.41, 5.74) is 8.63. The molecule has 1 aromatic heterocycles. The molecule has 3 aromatic carbocycles. The smallest absolute Gasteiger partial charge is 0.101 e. The van der Waals surface area contributed by atoms with Crippen LogP contribution in [0.3, 0.4) is 0 Å². The number of rotatable bonds is 3. The summed E-state index contributed by atoms with van der Waals surface area (Å²) in [6.07, 6.45) is 5.49. The van der Waals surface area contributed by atoms with Crippen molar-refractivity contribution >= 4 is 11.4 Å². The maximum atomic E-state index is 4.64. The highest BCUT2D eigenvalue weighted by Crippen LogP contribution is 2.36. The number of nitrogens with zero attached hydrogens (tertiary/aromatic N) is 4. The minimum Gasteiger partial charge on any atom is -0.306 e. The molecular formula is C24H18N4. The normalized spacial score (nSPS) is 12.6. The van der Waals surface area contributed by atoms with E-state index in [-0.39, 0.29) is 0 Å². The average molecular weight is 362 g/mol. The maximum absolute atomic E-state index is 4.64. The first-order chi connectivity index (χ1) is 13.8. The number of hydrogen-bond acceptors (Lipinski definition) is 3. The van der Waals surface area contributed by atoms with Crippen LogP contribution in [-0.4, -0.2) is 21.0 Å². The van der Waals surface area contributed by atoms with E-state index in [1.165, 1.54) is 11.1 Å². The fraction of sp³-hybridized carbons (Fsp3) is 0.0417. The zero-order valence-electron chi connectivity index (χ0n) is 15.4. The molecule has 0 spiro atoms. The van der Waals surface area contributed by atoms with E-state index in [2.05, 4.69) is 75.9 Å². The van der Waals surface area contributed by atoms with E-state index in [0.29, 0.717) is 0 Å². The number of imidazole rings is 1. The van der Waals surface area contributed by atoms with Crippen LogP contribution in [0.2, 0.25) is 0 Å². The number of benzene rings is 3. The van der Waals surface area contributed by atoms with Crippen molar-refractivity contribution in [3.63, 3.8) is 0 Å². The molecule has 1 heterocycles. The molecule has 0 radical (unpaired) electrons. The molecular weight excluding hydrogens is 344 g/mol. The average Bonchev–Trinajstić information content (AvgIpc) is 3.39. The molecule has 0 fully saturated rings. The summed E-state index contributed by atoms with van der Waals surface area (Å²) in [5, 5.41) is 9.20. The highest BCUT2D eigenvalue weighted by Gasteiger charge is 2.23. The van der Waals surface area contributed by atoms with Crippen LogP contribution in [0.25, 0.3) is 16.8 Å². The molecule has 4 aromatic rings. The molecule has 0 N–H and O–H groups in total. The Kier molecular flexibility index (Phi) is 3.95. The van der Waals surface area contributed by atoms with Gasteiger partial charge in [-0.1, -0.05) is 60.7 Å². The van der Waals surface area contributed by atoms with Crippen molar-refractivity contribution in [2.24, 2.45) is 10.2 Å². The van der Waals surface area contributed by atoms with Gasteiger partial charge in [0.05, 0.1) is 12.0 Å². The Labute approximate surface area is 163 Å². The standard InChI is InChI=1S/C24H18N4/c1-17(18-10-12-19(13-11-18)28-15-14-25-16-28)26-27-24-22-8-4-2-6-20(22)21-7-3-5-9-23(21)24/h2-16H,1H3/b26-17+. The maximum Gasteiger partial charge on any atom is 0.101 e. The molecule has 28 heavy (non-hydrogen) atoms. The van der Waals surface area contributed by atoms with Crippen LogP contribution in [0.1, 0.15) is 23.6 Å². The topological polar surface area (TPSA) is 42.5 Å².